The molecule has 0 saturated heterocycles. The number of aryl methyl sites for hydroxylation is 3. The molecule has 0 aliphatic carbocycles. The molecule has 0 aliphatic rings. The summed E-state index contributed by atoms with van der Waals surface area (Å²) >= 11 is 3.61. The zero-order valence-corrected chi connectivity index (χ0v) is 23.0. The van der Waals surface area contributed by atoms with Crippen LogP contribution in [-0.2, 0) is 16.0 Å². The molecule has 0 radical (unpaired) electrons. The van der Waals surface area contributed by atoms with Crippen LogP contribution in [0.25, 0.3) is 10.6 Å². The third-order valence-corrected chi connectivity index (χ3v) is 8.50. The summed E-state index contributed by atoms with van der Waals surface area (Å²) in [5.74, 6) is 0.265. The van der Waals surface area contributed by atoms with E-state index in [2.05, 4.69) is 81.1 Å². The first-order valence-electron chi connectivity index (χ1n) is 12.2. The van der Waals surface area contributed by atoms with Crippen LogP contribution >= 0.6 is 23.1 Å². The fourth-order valence-electron chi connectivity index (χ4n) is 3.89. The van der Waals surface area contributed by atoms with Crippen LogP contribution in [0.3, 0.4) is 0 Å². The van der Waals surface area contributed by atoms with Crippen LogP contribution in [0, 0.1) is 20.8 Å². The van der Waals surface area contributed by atoms with E-state index in [1.165, 1.54) is 22.1 Å². The van der Waals surface area contributed by atoms with Crippen molar-refractivity contribution in [3.05, 3.63) is 113 Å². The van der Waals surface area contributed by atoms with Gasteiger partial charge in [-0.05, 0) is 56.5 Å². The van der Waals surface area contributed by atoms with Gasteiger partial charge in [-0.25, -0.2) is 9.78 Å². The smallest absolute Gasteiger partial charge is 0.344 e. The number of rotatable bonds is 11. The average Bonchev–Trinajstić information content (AvgIpc) is 3.29. The van der Waals surface area contributed by atoms with Crippen LogP contribution in [0.1, 0.15) is 32.5 Å². The maximum atomic E-state index is 11.8. The Morgan fingerprint density at radius 3 is 2.51 bits per heavy atom. The summed E-state index contributed by atoms with van der Waals surface area (Å²) in [5, 5.41) is 1.26. The Labute approximate surface area is 227 Å². The second-order valence-electron chi connectivity index (χ2n) is 8.82. The van der Waals surface area contributed by atoms with E-state index in [4.69, 9.17) is 14.5 Å². The highest BCUT2D eigenvalue weighted by Gasteiger charge is 2.21. The molecule has 37 heavy (non-hydrogen) atoms. The standard InChI is InChI=1S/C31H31NO3S2/c1-5-17-34-29(33)20-35-27-16-15-26(18-22(27)3)36-28(19-24-9-7-6-8-10-24)30-23(4)32-31(37-30)25-13-11-21(2)12-14-25/h5-16,18,28H,1,17,19-20H2,2-4H3/t28-/m1/s1. The van der Waals surface area contributed by atoms with Gasteiger partial charge in [0.2, 0.25) is 0 Å². The van der Waals surface area contributed by atoms with E-state index in [1.54, 1.807) is 11.3 Å². The predicted molar refractivity (Wildman–Crippen MR) is 154 cm³/mol. The van der Waals surface area contributed by atoms with E-state index in [0.29, 0.717) is 5.75 Å². The minimum Gasteiger partial charge on any atom is -0.482 e. The van der Waals surface area contributed by atoms with Gasteiger partial charge in [-0.1, -0.05) is 72.8 Å². The highest BCUT2D eigenvalue weighted by Crippen LogP contribution is 2.44. The van der Waals surface area contributed by atoms with Crippen LogP contribution in [-0.4, -0.2) is 24.2 Å². The molecule has 4 rings (SSSR count). The van der Waals surface area contributed by atoms with Crippen molar-refractivity contribution >= 4 is 29.1 Å². The molecule has 4 aromatic rings. The van der Waals surface area contributed by atoms with Crippen LogP contribution in [0.2, 0.25) is 0 Å². The number of aromatic nitrogens is 1. The van der Waals surface area contributed by atoms with E-state index in [1.807, 2.05) is 30.8 Å². The number of thiazole rings is 1. The Kier molecular flexibility index (Phi) is 9.20. The highest BCUT2D eigenvalue weighted by atomic mass is 32.2. The SMILES string of the molecule is C=CCOC(=O)COc1ccc(S[C@H](Cc2ccccc2)c2sc(-c3ccc(C)cc3)nc2C)cc1C. The summed E-state index contributed by atoms with van der Waals surface area (Å²) in [6, 6.07) is 25.2. The molecular formula is C31H31NO3S2. The zero-order chi connectivity index (χ0) is 26.2. The molecule has 0 fully saturated rings. The lowest BCUT2D eigenvalue weighted by Crippen LogP contribution is -2.15. The number of carbonyl (C=O) groups excluding carboxylic acids is 1. The van der Waals surface area contributed by atoms with Crippen LogP contribution in [0.4, 0.5) is 0 Å². The van der Waals surface area contributed by atoms with Gasteiger partial charge < -0.3 is 9.47 Å². The number of ether oxygens (including phenoxy) is 2. The van der Waals surface area contributed by atoms with Crippen molar-refractivity contribution in [3.63, 3.8) is 0 Å². The molecule has 6 heteroatoms. The van der Waals surface area contributed by atoms with Crippen molar-refractivity contribution in [1.82, 2.24) is 4.98 Å². The molecule has 1 aromatic heterocycles. The normalized spacial score (nSPS) is 11.6. The molecular weight excluding hydrogens is 498 g/mol. The van der Waals surface area contributed by atoms with Crippen LogP contribution in [0.15, 0.2) is 90.3 Å². The fraction of sp³-hybridized carbons (Fsp3) is 0.226. The topological polar surface area (TPSA) is 48.4 Å². The number of nitrogens with zero attached hydrogens (tertiary/aromatic N) is 1. The van der Waals surface area contributed by atoms with Crippen molar-refractivity contribution in [2.75, 3.05) is 13.2 Å². The Hall–Kier alpha value is -3.35. The quantitative estimate of drug-likeness (QED) is 0.112. The third kappa shape index (κ3) is 7.34. The number of hydrogen-bond acceptors (Lipinski definition) is 6. The zero-order valence-electron chi connectivity index (χ0n) is 21.4. The molecule has 4 nitrogen and oxygen atoms in total. The van der Waals surface area contributed by atoms with Gasteiger partial charge in [-0.15, -0.1) is 23.1 Å². The maximum absolute atomic E-state index is 11.8. The molecule has 190 valence electrons. The van der Waals surface area contributed by atoms with E-state index in [9.17, 15) is 4.79 Å². The van der Waals surface area contributed by atoms with Gasteiger partial charge in [0.25, 0.3) is 0 Å². The lowest BCUT2D eigenvalue weighted by Gasteiger charge is -2.17. The monoisotopic (exact) mass is 529 g/mol. The molecule has 1 heterocycles. The minimum absolute atomic E-state index is 0.125. The number of carbonyl (C=O) groups is 1. The van der Waals surface area contributed by atoms with E-state index in [0.717, 1.165) is 33.1 Å². The van der Waals surface area contributed by atoms with Crippen LogP contribution in [0.5, 0.6) is 5.75 Å². The first kappa shape index (κ1) is 26.7. The summed E-state index contributed by atoms with van der Waals surface area (Å²) in [7, 11) is 0. The first-order valence-corrected chi connectivity index (χ1v) is 13.9. The lowest BCUT2D eigenvalue weighted by molar-refractivity contribution is -0.144. The van der Waals surface area contributed by atoms with E-state index in [-0.39, 0.29) is 18.5 Å². The molecule has 0 amide bonds. The van der Waals surface area contributed by atoms with E-state index < -0.39 is 5.97 Å². The second-order valence-corrected chi connectivity index (χ2v) is 11.1. The van der Waals surface area contributed by atoms with Gasteiger partial charge in [0.1, 0.15) is 17.4 Å². The molecule has 0 unspecified atom stereocenters. The Balaban J connectivity index is 1.56. The highest BCUT2D eigenvalue weighted by molar-refractivity contribution is 7.99. The lowest BCUT2D eigenvalue weighted by atomic mass is 10.1. The molecule has 1 atom stereocenters. The van der Waals surface area contributed by atoms with Gasteiger partial charge >= 0.3 is 5.97 Å². The molecule has 3 aromatic carbocycles. The van der Waals surface area contributed by atoms with Gasteiger partial charge in [-0.2, -0.15) is 0 Å². The third-order valence-electron chi connectivity index (χ3n) is 5.82. The van der Waals surface area contributed by atoms with E-state index >= 15 is 0 Å². The van der Waals surface area contributed by atoms with Crippen LogP contribution < -0.4 is 4.74 Å². The number of hydrogen-bond donors (Lipinski definition) is 0. The summed E-state index contributed by atoms with van der Waals surface area (Å²) in [6.45, 7) is 9.81. The van der Waals surface area contributed by atoms with Crippen molar-refractivity contribution < 1.29 is 14.3 Å². The number of thioether (sulfide) groups is 1. The molecule has 0 N–H and O–H groups in total. The average molecular weight is 530 g/mol. The molecule has 0 saturated carbocycles. The second kappa shape index (κ2) is 12.7. The summed E-state index contributed by atoms with van der Waals surface area (Å²) < 4.78 is 10.7. The Morgan fingerprint density at radius 2 is 1.81 bits per heavy atom. The largest absolute Gasteiger partial charge is 0.482 e. The summed E-state index contributed by atoms with van der Waals surface area (Å²) in [4.78, 5) is 19.2. The Bertz CT molecular complexity index is 1350. The fourth-order valence-corrected chi connectivity index (χ4v) is 6.51. The van der Waals surface area contributed by atoms with Gasteiger partial charge in [0.05, 0.1) is 5.69 Å². The molecule has 0 spiro atoms. The number of esters is 1. The van der Waals surface area contributed by atoms with Crippen molar-refractivity contribution in [2.24, 2.45) is 0 Å². The molecule has 0 aliphatic heterocycles. The van der Waals surface area contributed by atoms with Crippen molar-refractivity contribution in [3.8, 4) is 16.3 Å². The minimum atomic E-state index is -0.411. The van der Waals surface area contributed by atoms with Crippen molar-refractivity contribution in [2.45, 2.75) is 37.3 Å². The molecule has 0 bridgehead atoms. The first-order chi connectivity index (χ1) is 17.9. The van der Waals surface area contributed by atoms with Gasteiger partial charge in [0, 0.05) is 20.6 Å². The maximum Gasteiger partial charge on any atom is 0.344 e. The van der Waals surface area contributed by atoms with Gasteiger partial charge in [0.15, 0.2) is 6.61 Å². The predicted octanol–water partition coefficient (Wildman–Crippen LogP) is 7.92. The number of benzene rings is 3. The summed E-state index contributed by atoms with van der Waals surface area (Å²) in [5.41, 5.74) is 5.73. The Morgan fingerprint density at radius 1 is 1.05 bits per heavy atom. The summed E-state index contributed by atoms with van der Waals surface area (Å²) in [6.07, 6.45) is 2.43. The van der Waals surface area contributed by atoms with Crippen molar-refractivity contribution in [1.29, 1.82) is 0 Å². The van der Waals surface area contributed by atoms with Gasteiger partial charge in [-0.3, -0.25) is 0 Å².